The Hall–Kier alpha value is -1.25. The average Bonchev–Trinajstić information content (AvgIpc) is 2.14. The van der Waals surface area contributed by atoms with Gasteiger partial charge in [-0.15, -0.1) is 0 Å². The first-order valence-electron chi connectivity index (χ1n) is 4.74. The van der Waals surface area contributed by atoms with Crippen LogP contribution in [-0.2, 0) is 0 Å². The molecule has 0 fully saturated rings. The molecule has 1 atom stereocenters. The second-order valence-electron chi connectivity index (χ2n) is 3.54. The molecule has 80 valence electrons. The molecular formula is C9H7IN6. The molecule has 1 unspecified atom stereocenters. The van der Waals surface area contributed by atoms with Crippen molar-refractivity contribution in [2.75, 3.05) is 0 Å². The smallest absolute Gasteiger partial charge is 0.194 e. The Balaban J connectivity index is 2.24. The van der Waals surface area contributed by atoms with Gasteiger partial charge in [0, 0.05) is 22.6 Å². The molecule has 0 bridgehead atoms. The largest absolute Gasteiger partial charge is 0.217 e. The molecule has 3 rings (SSSR count). The standard InChI is InChI=1S/C9H7IN6/c1-3-11-6-5-7(13-3)15-9(10)16-8(5)14-4(2)12-6/h5H,1-2H3. The summed E-state index contributed by atoms with van der Waals surface area (Å²) < 4.78 is 0.648. The number of hydrogen-bond acceptors (Lipinski definition) is 6. The molecule has 0 aromatic heterocycles. The topological polar surface area (TPSA) is 74.2 Å². The van der Waals surface area contributed by atoms with Gasteiger partial charge in [0.25, 0.3) is 0 Å². The highest BCUT2D eigenvalue weighted by molar-refractivity contribution is 14.1. The van der Waals surface area contributed by atoms with E-state index in [1.165, 1.54) is 0 Å². The molecule has 6 nitrogen and oxygen atoms in total. The normalized spacial score (nSPS) is 26.8. The fourth-order valence-electron chi connectivity index (χ4n) is 1.74. The first-order valence-corrected chi connectivity index (χ1v) is 5.82. The van der Waals surface area contributed by atoms with Crippen LogP contribution in [0.1, 0.15) is 13.8 Å². The van der Waals surface area contributed by atoms with Crippen LogP contribution in [0.5, 0.6) is 0 Å². The van der Waals surface area contributed by atoms with Crippen LogP contribution in [0.4, 0.5) is 0 Å². The summed E-state index contributed by atoms with van der Waals surface area (Å²) in [6.07, 6.45) is 0. The number of rotatable bonds is 0. The summed E-state index contributed by atoms with van der Waals surface area (Å²) in [4.78, 5) is 25.8. The second kappa shape index (κ2) is 3.37. The van der Waals surface area contributed by atoms with E-state index in [0.717, 1.165) is 0 Å². The van der Waals surface area contributed by atoms with E-state index in [1.807, 2.05) is 13.8 Å². The molecule has 3 heterocycles. The van der Waals surface area contributed by atoms with Crippen LogP contribution in [0.15, 0.2) is 30.0 Å². The molecule has 0 spiro atoms. The van der Waals surface area contributed by atoms with Gasteiger partial charge < -0.3 is 0 Å². The summed E-state index contributed by atoms with van der Waals surface area (Å²) in [5, 5.41) is 0. The van der Waals surface area contributed by atoms with E-state index in [1.54, 1.807) is 0 Å². The summed E-state index contributed by atoms with van der Waals surface area (Å²) in [5.74, 6) is 3.25. The molecule has 7 heteroatoms. The molecule has 3 aliphatic rings. The van der Waals surface area contributed by atoms with Crippen molar-refractivity contribution in [2.24, 2.45) is 35.9 Å². The molecule has 0 aromatic rings. The summed E-state index contributed by atoms with van der Waals surface area (Å²) >= 11 is 2.06. The SMILES string of the molecule is CC1=NC2=NC(C)=NC3=NC(I)=NC(=N1)C23. The van der Waals surface area contributed by atoms with Gasteiger partial charge in [-0.2, -0.15) is 0 Å². The molecule has 0 N–H and O–H groups in total. The minimum Gasteiger partial charge on any atom is -0.217 e. The fourth-order valence-corrected chi connectivity index (χ4v) is 2.23. The van der Waals surface area contributed by atoms with Crippen molar-refractivity contribution in [1.29, 1.82) is 0 Å². The number of hydrogen-bond donors (Lipinski definition) is 0. The van der Waals surface area contributed by atoms with Crippen molar-refractivity contribution in [1.82, 2.24) is 0 Å². The Kier molecular flexibility index (Phi) is 2.09. The fraction of sp³-hybridized carbons (Fsp3) is 0.333. The van der Waals surface area contributed by atoms with Crippen LogP contribution < -0.4 is 0 Å². The van der Waals surface area contributed by atoms with Gasteiger partial charge in [-0.05, 0) is 13.8 Å². The molecule has 3 aliphatic heterocycles. The maximum absolute atomic E-state index is 4.31. The first-order chi connectivity index (χ1) is 7.63. The van der Waals surface area contributed by atoms with Crippen molar-refractivity contribution < 1.29 is 0 Å². The van der Waals surface area contributed by atoms with Crippen molar-refractivity contribution >= 4 is 55.6 Å². The van der Waals surface area contributed by atoms with Crippen molar-refractivity contribution in [3.63, 3.8) is 0 Å². The Morgan fingerprint density at radius 3 is 1.88 bits per heavy atom. The third kappa shape index (κ3) is 1.46. The molecule has 0 radical (unpaired) electrons. The Labute approximate surface area is 105 Å². The molecule has 16 heavy (non-hydrogen) atoms. The van der Waals surface area contributed by atoms with Crippen LogP contribution in [0, 0.1) is 5.92 Å². The quantitative estimate of drug-likeness (QED) is 0.478. The van der Waals surface area contributed by atoms with Crippen LogP contribution in [0.25, 0.3) is 0 Å². The monoisotopic (exact) mass is 326 g/mol. The summed E-state index contributed by atoms with van der Waals surface area (Å²) in [6.45, 7) is 3.67. The maximum Gasteiger partial charge on any atom is 0.194 e. The first kappa shape index (κ1) is 9.94. The van der Waals surface area contributed by atoms with Crippen LogP contribution in [0.2, 0.25) is 0 Å². The van der Waals surface area contributed by atoms with E-state index < -0.39 is 0 Å². The number of amidine groups is 6. The second-order valence-corrected chi connectivity index (χ2v) is 4.51. The summed E-state index contributed by atoms with van der Waals surface area (Å²) in [6, 6.07) is 0. The van der Waals surface area contributed by atoms with E-state index in [9.17, 15) is 0 Å². The number of nitrogens with zero attached hydrogens (tertiary/aromatic N) is 6. The average molecular weight is 326 g/mol. The highest BCUT2D eigenvalue weighted by Crippen LogP contribution is 2.23. The predicted molar refractivity (Wildman–Crippen MR) is 73.5 cm³/mol. The third-order valence-electron chi connectivity index (χ3n) is 2.29. The predicted octanol–water partition coefficient (Wildman–Crippen LogP) is 1.47. The van der Waals surface area contributed by atoms with E-state index in [-0.39, 0.29) is 5.92 Å². The Morgan fingerprint density at radius 2 is 1.25 bits per heavy atom. The Bertz CT molecular complexity index is 482. The van der Waals surface area contributed by atoms with E-state index in [4.69, 9.17) is 0 Å². The van der Waals surface area contributed by atoms with Gasteiger partial charge >= 0.3 is 0 Å². The molecule has 0 aromatic carbocycles. The van der Waals surface area contributed by atoms with Gasteiger partial charge in [0.05, 0.1) is 0 Å². The van der Waals surface area contributed by atoms with Gasteiger partial charge in [0.2, 0.25) is 0 Å². The zero-order chi connectivity index (χ0) is 11.3. The molecular weight excluding hydrogens is 319 g/mol. The molecule has 0 amide bonds. The molecule has 0 aliphatic carbocycles. The number of aliphatic imine (C=N–C) groups is 6. The van der Waals surface area contributed by atoms with Gasteiger partial charge in [-0.25, -0.2) is 30.0 Å². The lowest BCUT2D eigenvalue weighted by molar-refractivity contribution is 1.11. The van der Waals surface area contributed by atoms with E-state index in [0.29, 0.717) is 33.0 Å². The number of halogens is 1. The van der Waals surface area contributed by atoms with Crippen LogP contribution in [0.3, 0.4) is 0 Å². The summed E-state index contributed by atoms with van der Waals surface area (Å²) in [5.41, 5.74) is 0. The molecule has 0 saturated carbocycles. The van der Waals surface area contributed by atoms with Crippen molar-refractivity contribution in [2.45, 2.75) is 13.8 Å². The van der Waals surface area contributed by atoms with Gasteiger partial charge in [-0.3, -0.25) is 0 Å². The lowest BCUT2D eigenvalue weighted by Gasteiger charge is -2.24. The Morgan fingerprint density at radius 1 is 0.750 bits per heavy atom. The van der Waals surface area contributed by atoms with Crippen LogP contribution in [-0.4, -0.2) is 33.0 Å². The van der Waals surface area contributed by atoms with Crippen molar-refractivity contribution in [3.05, 3.63) is 0 Å². The van der Waals surface area contributed by atoms with Gasteiger partial charge in [-0.1, -0.05) is 0 Å². The zero-order valence-corrected chi connectivity index (χ0v) is 10.8. The molecule has 0 saturated heterocycles. The van der Waals surface area contributed by atoms with Crippen LogP contribution >= 0.6 is 22.6 Å². The van der Waals surface area contributed by atoms with E-state index in [2.05, 4.69) is 52.5 Å². The third-order valence-corrected chi connectivity index (χ3v) is 2.78. The van der Waals surface area contributed by atoms with Gasteiger partial charge in [0.15, 0.2) is 21.3 Å². The van der Waals surface area contributed by atoms with Gasteiger partial charge in [0.1, 0.15) is 17.6 Å². The highest BCUT2D eigenvalue weighted by atomic mass is 127. The van der Waals surface area contributed by atoms with E-state index >= 15 is 0 Å². The lowest BCUT2D eigenvalue weighted by Crippen LogP contribution is -2.38. The van der Waals surface area contributed by atoms with Crippen molar-refractivity contribution in [3.8, 4) is 0 Å². The maximum atomic E-state index is 4.31. The lowest BCUT2D eigenvalue weighted by atomic mass is 10.0. The summed E-state index contributed by atoms with van der Waals surface area (Å²) in [7, 11) is 0. The zero-order valence-electron chi connectivity index (χ0n) is 8.64. The highest BCUT2D eigenvalue weighted by Gasteiger charge is 2.36. The minimum absolute atomic E-state index is 0.175. The minimum atomic E-state index is -0.175.